The summed E-state index contributed by atoms with van der Waals surface area (Å²) in [5, 5.41) is 3.57. The smallest absolute Gasteiger partial charge is 0.251 e. The summed E-state index contributed by atoms with van der Waals surface area (Å²) in [6.45, 7) is 1.60. The first-order valence-corrected chi connectivity index (χ1v) is 12.1. The minimum absolute atomic E-state index is 0.180. The van der Waals surface area contributed by atoms with Gasteiger partial charge in [-0.25, -0.2) is 8.42 Å². The number of sulfonamides is 1. The Bertz CT molecular complexity index is 911. The Balaban J connectivity index is 1.50. The van der Waals surface area contributed by atoms with Crippen LogP contribution < -0.4 is 5.32 Å². The number of nitrogens with one attached hydrogen (secondary N) is 1. The molecule has 2 aromatic rings. The van der Waals surface area contributed by atoms with Crippen LogP contribution in [-0.4, -0.2) is 44.0 Å². The van der Waals surface area contributed by atoms with E-state index >= 15 is 0 Å². The van der Waals surface area contributed by atoms with Gasteiger partial charge in [0.25, 0.3) is 5.91 Å². The molecule has 1 aliphatic heterocycles. The van der Waals surface area contributed by atoms with Gasteiger partial charge in [-0.1, -0.05) is 29.8 Å². The van der Waals surface area contributed by atoms with Gasteiger partial charge in [0.1, 0.15) is 0 Å². The van der Waals surface area contributed by atoms with Gasteiger partial charge in [0.15, 0.2) is 0 Å². The van der Waals surface area contributed by atoms with Crippen LogP contribution >= 0.6 is 23.4 Å². The molecule has 0 atom stereocenters. The van der Waals surface area contributed by atoms with Crippen LogP contribution in [0, 0.1) is 0 Å². The number of carbonyl (C=O) groups excluding carboxylic acids is 1. The summed E-state index contributed by atoms with van der Waals surface area (Å²) < 4.78 is 26.8. The van der Waals surface area contributed by atoms with Crippen molar-refractivity contribution in [3.8, 4) is 0 Å². The summed E-state index contributed by atoms with van der Waals surface area (Å²) in [4.78, 5) is 12.6. The third-order valence-corrected chi connectivity index (χ3v) is 7.69. The van der Waals surface area contributed by atoms with Crippen LogP contribution in [0.5, 0.6) is 0 Å². The number of hydrogen-bond donors (Lipinski definition) is 1. The summed E-state index contributed by atoms with van der Waals surface area (Å²) in [5.74, 6) is 1.35. The van der Waals surface area contributed by atoms with E-state index in [0.29, 0.717) is 25.2 Å². The lowest BCUT2D eigenvalue weighted by atomic mass is 10.2. The van der Waals surface area contributed by atoms with Gasteiger partial charge in [-0.15, -0.1) is 0 Å². The zero-order valence-corrected chi connectivity index (χ0v) is 17.8. The molecule has 1 N–H and O–H groups in total. The fourth-order valence-electron chi connectivity index (χ4n) is 2.98. The quantitative estimate of drug-likeness (QED) is 0.637. The van der Waals surface area contributed by atoms with E-state index in [-0.39, 0.29) is 10.8 Å². The Morgan fingerprint density at radius 2 is 1.82 bits per heavy atom. The van der Waals surface area contributed by atoms with Crippen LogP contribution in [-0.2, 0) is 15.8 Å². The minimum Gasteiger partial charge on any atom is -0.351 e. The first kappa shape index (κ1) is 21.2. The molecule has 8 heteroatoms. The van der Waals surface area contributed by atoms with Crippen LogP contribution in [0.3, 0.4) is 0 Å². The van der Waals surface area contributed by atoms with E-state index in [4.69, 9.17) is 11.6 Å². The maximum absolute atomic E-state index is 12.6. The van der Waals surface area contributed by atoms with Crippen molar-refractivity contribution in [2.24, 2.45) is 0 Å². The van der Waals surface area contributed by atoms with Gasteiger partial charge in [0, 0.05) is 41.7 Å². The number of nitrogens with zero attached hydrogens (tertiary/aromatic N) is 1. The van der Waals surface area contributed by atoms with Crippen LogP contribution in [0.1, 0.15) is 28.8 Å². The van der Waals surface area contributed by atoms with E-state index in [2.05, 4.69) is 5.32 Å². The van der Waals surface area contributed by atoms with Crippen molar-refractivity contribution in [3.05, 3.63) is 64.7 Å². The lowest BCUT2D eigenvalue weighted by Gasteiger charge is -2.16. The highest BCUT2D eigenvalue weighted by atomic mass is 35.5. The number of hydrogen-bond acceptors (Lipinski definition) is 4. The normalized spacial score (nSPS) is 14.9. The number of halogens is 1. The van der Waals surface area contributed by atoms with Crippen LogP contribution in [0.4, 0.5) is 0 Å². The van der Waals surface area contributed by atoms with Crippen LogP contribution in [0.15, 0.2) is 53.4 Å². The molecular weight excluding hydrogens is 416 g/mol. The average molecular weight is 439 g/mol. The highest BCUT2D eigenvalue weighted by Crippen LogP contribution is 2.21. The van der Waals surface area contributed by atoms with Gasteiger partial charge < -0.3 is 5.32 Å². The molecule has 1 heterocycles. The number of amides is 1. The van der Waals surface area contributed by atoms with Crippen molar-refractivity contribution < 1.29 is 13.2 Å². The molecule has 1 saturated heterocycles. The molecule has 0 aliphatic carbocycles. The van der Waals surface area contributed by atoms with Gasteiger partial charge in [0.05, 0.1) is 4.90 Å². The fourth-order valence-corrected chi connectivity index (χ4v) is 5.49. The molecule has 0 unspecified atom stereocenters. The highest BCUT2D eigenvalue weighted by molar-refractivity contribution is 7.98. The van der Waals surface area contributed by atoms with Gasteiger partial charge in [-0.2, -0.15) is 16.1 Å². The molecule has 2 aromatic carbocycles. The molecule has 150 valence electrons. The second kappa shape index (κ2) is 9.78. The number of rotatable bonds is 8. The van der Waals surface area contributed by atoms with Crippen molar-refractivity contribution in [3.63, 3.8) is 0 Å². The molecular formula is C20H23ClN2O3S2. The molecule has 28 heavy (non-hydrogen) atoms. The number of carbonyl (C=O) groups is 1. The van der Waals surface area contributed by atoms with Gasteiger partial charge >= 0.3 is 0 Å². The monoisotopic (exact) mass is 438 g/mol. The van der Waals surface area contributed by atoms with Crippen molar-refractivity contribution >= 4 is 39.3 Å². The molecule has 1 aliphatic rings. The largest absolute Gasteiger partial charge is 0.351 e. The minimum atomic E-state index is -3.52. The molecule has 0 saturated carbocycles. The Morgan fingerprint density at radius 1 is 1.11 bits per heavy atom. The number of thioether (sulfide) groups is 1. The molecule has 3 rings (SSSR count). The fraction of sp³-hybridized carbons (Fsp3) is 0.350. The SMILES string of the molecule is O=C(NCCSCc1ccc(Cl)cc1)c1cccc(S(=O)(=O)N2CCCC2)c1. The third-order valence-electron chi connectivity index (χ3n) is 4.51. The summed E-state index contributed by atoms with van der Waals surface area (Å²) in [5.41, 5.74) is 1.54. The predicted octanol–water partition coefficient (Wildman–Crippen LogP) is 3.79. The third kappa shape index (κ3) is 5.50. The van der Waals surface area contributed by atoms with E-state index in [1.165, 1.54) is 15.9 Å². The molecule has 1 amide bonds. The van der Waals surface area contributed by atoms with E-state index in [9.17, 15) is 13.2 Å². The highest BCUT2D eigenvalue weighted by Gasteiger charge is 2.27. The lowest BCUT2D eigenvalue weighted by Crippen LogP contribution is -2.29. The number of benzene rings is 2. The Labute approximate surface area is 175 Å². The second-order valence-corrected chi connectivity index (χ2v) is 10.1. The Morgan fingerprint density at radius 3 is 2.54 bits per heavy atom. The first-order valence-electron chi connectivity index (χ1n) is 9.17. The lowest BCUT2D eigenvalue weighted by molar-refractivity contribution is 0.0956. The zero-order chi connectivity index (χ0) is 20.0. The Hall–Kier alpha value is -1.54. The topological polar surface area (TPSA) is 66.5 Å². The zero-order valence-electron chi connectivity index (χ0n) is 15.4. The molecule has 1 fully saturated rings. The van der Waals surface area contributed by atoms with Gasteiger partial charge in [0.2, 0.25) is 10.0 Å². The van der Waals surface area contributed by atoms with E-state index in [1.807, 2.05) is 24.3 Å². The second-order valence-electron chi connectivity index (χ2n) is 6.57. The summed E-state index contributed by atoms with van der Waals surface area (Å²) in [6.07, 6.45) is 1.76. The van der Waals surface area contributed by atoms with Crippen LogP contribution in [0.2, 0.25) is 5.02 Å². The molecule has 0 aromatic heterocycles. The molecule has 5 nitrogen and oxygen atoms in total. The molecule has 0 bridgehead atoms. The molecule has 0 spiro atoms. The van der Waals surface area contributed by atoms with Crippen molar-refractivity contribution in [2.45, 2.75) is 23.5 Å². The van der Waals surface area contributed by atoms with Gasteiger partial charge in [-0.05, 0) is 48.7 Å². The first-order chi connectivity index (χ1) is 13.5. The van der Waals surface area contributed by atoms with E-state index in [1.54, 1.807) is 30.0 Å². The average Bonchev–Trinajstić information content (AvgIpc) is 3.25. The van der Waals surface area contributed by atoms with Crippen LogP contribution in [0.25, 0.3) is 0 Å². The Kier molecular flexibility index (Phi) is 7.40. The van der Waals surface area contributed by atoms with Gasteiger partial charge in [-0.3, -0.25) is 4.79 Å². The summed E-state index contributed by atoms with van der Waals surface area (Å²) in [6, 6.07) is 14.0. The van der Waals surface area contributed by atoms with Crippen molar-refractivity contribution in [2.75, 3.05) is 25.4 Å². The summed E-state index contributed by atoms with van der Waals surface area (Å²) in [7, 11) is -3.52. The van der Waals surface area contributed by atoms with E-state index < -0.39 is 10.0 Å². The maximum Gasteiger partial charge on any atom is 0.251 e. The van der Waals surface area contributed by atoms with E-state index in [0.717, 1.165) is 29.4 Å². The predicted molar refractivity (Wildman–Crippen MR) is 114 cm³/mol. The van der Waals surface area contributed by atoms with Crippen molar-refractivity contribution in [1.82, 2.24) is 9.62 Å². The summed E-state index contributed by atoms with van der Waals surface area (Å²) >= 11 is 7.58. The maximum atomic E-state index is 12.6. The van der Waals surface area contributed by atoms with Crippen molar-refractivity contribution in [1.29, 1.82) is 0 Å². The molecule has 0 radical (unpaired) electrons. The standard InChI is InChI=1S/C20H23ClN2O3S2/c21-18-8-6-16(7-9-18)15-27-13-10-22-20(24)17-4-3-5-19(14-17)28(25,26)23-11-1-2-12-23/h3-9,14H,1-2,10-13,15H2,(H,22,24).